The minimum Gasteiger partial charge on any atom is -0.458 e. The second-order valence-corrected chi connectivity index (χ2v) is 9.13. The summed E-state index contributed by atoms with van der Waals surface area (Å²) in [7, 11) is 0. The number of aliphatic hydroxyl groups is 1. The first kappa shape index (κ1) is 19.6. The fraction of sp³-hybridized carbons (Fsp3) is 0.400. The van der Waals surface area contributed by atoms with Crippen LogP contribution in [0.2, 0.25) is 0 Å². The highest BCUT2D eigenvalue weighted by molar-refractivity contribution is 6.08. The summed E-state index contributed by atoms with van der Waals surface area (Å²) in [5.41, 5.74) is 4.20. The first-order valence-corrected chi connectivity index (χ1v) is 11.1. The molecule has 7 heteroatoms. The SMILES string of the molecule is CC[C@@]1(O)C(=O)OCc2c1cc1n(c2=O)CC2C=C3CCCc4c(C)c(F)cc(c43)N=C12. The Morgan fingerprint density at radius 3 is 2.88 bits per heavy atom. The van der Waals surface area contributed by atoms with E-state index in [1.165, 1.54) is 6.07 Å². The Kier molecular flexibility index (Phi) is 3.97. The van der Waals surface area contributed by atoms with Crippen LogP contribution in [0.1, 0.15) is 59.7 Å². The maximum absolute atomic E-state index is 14.7. The van der Waals surface area contributed by atoms with Crippen LogP contribution in [0.25, 0.3) is 5.57 Å². The summed E-state index contributed by atoms with van der Waals surface area (Å²) in [4.78, 5) is 30.6. The normalized spacial score (nSPS) is 25.0. The number of cyclic esters (lactones) is 1. The molecule has 0 radical (unpaired) electrons. The molecule has 3 aliphatic heterocycles. The summed E-state index contributed by atoms with van der Waals surface area (Å²) in [5, 5.41) is 11.0. The number of aromatic nitrogens is 1. The van der Waals surface area contributed by atoms with Crippen molar-refractivity contribution >= 4 is 22.9 Å². The first-order valence-electron chi connectivity index (χ1n) is 11.1. The summed E-state index contributed by atoms with van der Waals surface area (Å²) in [6.45, 7) is 3.77. The molecule has 0 amide bonds. The second kappa shape index (κ2) is 6.48. The lowest BCUT2D eigenvalue weighted by Crippen LogP contribution is -2.44. The zero-order valence-electron chi connectivity index (χ0n) is 18.0. The fourth-order valence-corrected chi connectivity index (χ4v) is 5.70. The van der Waals surface area contributed by atoms with E-state index in [9.17, 15) is 19.1 Å². The van der Waals surface area contributed by atoms with E-state index in [0.717, 1.165) is 36.0 Å². The van der Waals surface area contributed by atoms with Crippen LogP contribution in [0.15, 0.2) is 28.0 Å². The maximum atomic E-state index is 14.7. The molecule has 0 saturated heterocycles. The molecule has 6 nitrogen and oxygen atoms in total. The van der Waals surface area contributed by atoms with Gasteiger partial charge in [0.2, 0.25) is 0 Å². The predicted molar refractivity (Wildman–Crippen MR) is 116 cm³/mol. The van der Waals surface area contributed by atoms with Crippen LogP contribution in [0, 0.1) is 18.7 Å². The molecule has 1 aliphatic carbocycles. The zero-order valence-corrected chi connectivity index (χ0v) is 18.0. The van der Waals surface area contributed by atoms with Crippen molar-refractivity contribution < 1.29 is 19.0 Å². The Balaban J connectivity index is 1.62. The Hall–Kier alpha value is -3.06. The fourth-order valence-electron chi connectivity index (χ4n) is 5.70. The van der Waals surface area contributed by atoms with Gasteiger partial charge in [0.05, 0.1) is 22.7 Å². The predicted octanol–water partition coefficient (Wildman–Crippen LogP) is 3.43. The second-order valence-electron chi connectivity index (χ2n) is 9.13. The molecule has 0 bridgehead atoms. The number of ether oxygens (including phenoxy) is 1. The molecule has 1 N–H and O–H groups in total. The molecule has 1 unspecified atom stereocenters. The van der Waals surface area contributed by atoms with Crippen molar-refractivity contribution in [2.75, 3.05) is 0 Å². The number of hydrogen-bond donors (Lipinski definition) is 1. The van der Waals surface area contributed by atoms with E-state index >= 15 is 0 Å². The Labute approximate surface area is 184 Å². The summed E-state index contributed by atoms with van der Waals surface area (Å²) >= 11 is 0. The topological polar surface area (TPSA) is 80.9 Å². The Bertz CT molecular complexity index is 1350. The molecule has 4 aliphatic rings. The summed E-state index contributed by atoms with van der Waals surface area (Å²) in [6, 6.07) is 3.20. The largest absolute Gasteiger partial charge is 0.458 e. The Morgan fingerprint density at radius 2 is 2.09 bits per heavy atom. The van der Waals surface area contributed by atoms with Crippen LogP contribution < -0.4 is 5.56 Å². The number of fused-ring (bicyclic) bond motifs is 4. The Morgan fingerprint density at radius 1 is 1.28 bits per heavy atom. The number of allylic oxidation sites excluding steroid dienone is 2. The molecule has 0 saturated carbocycles. The lowest BCUT2D eigenvalue weighted by Gasteiger charge is -2.31. The van der Waals surface area contributed by atoms with Gasteiger partial charge >= 0.3 is 5.97 Å². The molecule has 32 heavy (non-hydrogen) atoms. The summed E-state index contributed by atoms with van der Waals surface area (Å²) in [5.74, 6) is -1.14. The van der Waals surface area contributed by atoms with Gasteiger partial charge in [0.25, 0.3) is 5.56 Å². The van der Waals surface area contributed by atoms with E-state index in [1.54, 1.807) is 17.6 Å². The van der Waals surface area contributed by atoms with Crippen LogP contribution in [0.3, 0.4) is 0 Å². The van der Waals surface area contributed by atoms with E-state index in [-0.39, 0.29) is 30.3 Å². The molecule has 0 spiro atoms. The molecule has 0 fully saturated rings. The smallest absolute Gasteiger partial charge is 0.343 e. The number of nitrogens with zero attached hydrogens (tertiary/aromatic N) is 2. The standard InChI is InChI=1S/C25H23FN2O4/c1-3-25(31)17-8-20-22-14(10-28(20)23(29)16(17)11-32-24(25)30)7-13-5-4-6-15-12(2)18(26)9-19(27-22)21(13)15/h7-9,14,31H,3-6,10-11H2,1-2H3/t14?,25-/m0/s1. The van der Waals surface area contributed by atoms with Crippen molar-refractivity contribution in [2.24, 2.45) is 10.9 Å². The quantitative estimate of drug-likeness (QED) is 0.698. The molecule has 6 rings (SSSR count). The van der Waals surface area contributed by atoms with Gasteiger partial charge in [-0.05, 0) is 55.4 Å². The first-order chi connectivity index (χ1) is 15.3. The minimum absolute atomic E-state index is 0.0956. The van der Waals surface area contributed by atoms with Gasteiger partial charge in [-0.25, -0.2) is 14.2 Å². The van der Waals surface area contributed by atoms with Crippen molar-refractivity contribution in [3.63, 3.8) is 0 Å². The number of pyridine rings is 1. The zero-order chi connectivity index (χ0) is 22.4. The molecular weight excluding hydrogens is 411 g/mol. The van der Waals surface area contributed by atoms with E-state index in [1.807, 2.05) is 6.92 Å². The van der Waals surface area contributed by atoms with Gasteiger partial charge in [-0.2, -0.15) is 0 Å². The van der Waals surface area contributed by atoms with Gasteiger partial charge in [-0.1, -0.05) is 13.0 Å². The molecule has 164 valence electrons. The molecule has 1 aromatic carbocycles. The summed E-state index contributed by atoms with van der Waals surface area (Å²) in [6.07, 6.45) is 4.94. The van der Waals surface area contributed by atoms with Crippen LogP contribution >= 0.6 is 0 Å². The van der Waals surface area contributed by atoms with Gasteiger partial charge in [-0.15, -0.1) is 0 Å². The van der Waals surface area contributed by atoms with E-state index in [4.69, 9.17) is 9.73 Å². The van der Waals surface area contributed by atoms with Crippen molar-refractivity contribution in [1.29, 1.82) is 0 Å². The van der Waals surface area contributed by atoms with Gasteiger partial charge in [-0.3, -0.25) is 4.79 Å². The minimum atomic E-state index is -1.86. The third kappa shape index (κ3) is 2.40. The number of hydrogen-bond acceptors (Lipinski definition) is 5. The van der Waals surface area contributed by atoms with Crippen molar-refractivity contribution in [3.05, 3.63) is 67.9 Å². The average molecular weight is 434 g/mol. The lowest BCUT2D eigenvalue weighted by atomic mass is 9.82. The van der Waals surface area contributed by atoms with Crippen molar-refractivity contribution in [3.8, 4) is 0 Å². The molecule has 4 heterocycles. The van der Waals surface area contributed by atoms with Crippen LogP contribution in [-0.4, -0.2) is 21.4 Å². The number of carbonyl (C=O) groups is 1. The van der Waals surface area contributed by atoms with Crippen LogP contribution in [-0.2, 0) is 34.7 Å². The number of benzene rings is 1. The third-order valence-corrected chi connectivity index (χ3v) is 7.51. The van der Waals surface area contributed by atoms with Gasteiger partial charge in [0.1, 0.15) is 12.4 Å². The lowest BCUT2D eigenvalue weighted by molar-refractivity contribution is -0.172. The van der Waals surface area contributed by atoms with E-state index in [0.29, 0.717) is 40.3 Å². The van der Waals surface area contributed by atoms with Gasteiger partial charge in [0.15, 0.2) is 5.60 Å². The van der Waals surface area contributed by atoms with E-state index in [2.05, 4.69) is 6.08 Å². The monoisotopic (exact) mass is 434 g/mol. The summed E-state index contributed by atoms with van der Waals surface area (Å²) < 4.78 is 21.5. The van der Waals surface area contributed by atoms with E-state index < -0.39 is 11.6 Å². The third-order valence-electron chi connectivity index (χ3n) is 7.51. The van der Waals surface area contributed by atoms with Crippen LogP contribution in [0.5, 0.6) is 0 Å². The number of rotatable bonds is 1. The molecule has 2 aromatic rings. The number of esters is 1. The number of halogens is 1. The van der Waals surface area contributed by atoms with Gasteiger partial charge < -0.3 is 14.4 Å². The molecule has 1 aromatic heterocycles. The average Bonchev–Trinajstić information content (AvgIpc) is 3.03. The van der Waals surface area contributed by atoms with Gasteiger partial charge in [0, 0.05) is 29.7 Å². The van der Waals surface area contributed by atoms with Crippen molar-refractivity contribution in [1.82, 2.24) is 4.57 Å². The highest BCUT2D eigenvalue weighted by Gasteiger charge is 2.46. The highest BCUT2D eigenvalue weighted by Crippen LogP contribution is 2.45. The maximum Gasteiger partial charge on any atom is 0.343 e. The van der Waals surface area contributed by atoms with Crippen molar-refractivity contribution in [2.45, 2.75) is 58.3 Å². The molecule has 2 atom stereocenters. The highest BCUT2D eigenvalue weighted by atomic mass is 19.1. The number of aliphatic imine (C=N–C) groups is 1. The number of carbonyl (C=O) groups excluding carboxylic acids is 1. The van der Waals surface area contributed by atoms with Crippen LogP contribution in [0.4, 0.5) is 10.1 Å². The molecular formula is C25H23FN2O4.